The molecule has 0 unspecified atom stereocenters. The standard InChI is InChI=1S/C22H17F2NO4/c1-28-21(26)19-5-3-4-10-25(20(19)22(27)29-2)18-8-6-14(7-9-18)15-11-16(23)13-17(24)12-15/h3-13H,1-2H3. The number of ether oxygens (including phenoxy) is 2. The summed E-state index contributed by atoms with van der Waals surface area (Å²) in [6, 6.07) is 9.88. The van der Waals surface area contributed by atoms with E-state index in [0.717, 1.165) is 6.07 Å². The van der Waals surface area contributed by atoms with Gasteiger partial charge in [-0.1, -0.05) is 18.2 Å². The van der Waals surface area contributed by atoms with E-state index in [0.29, 0.717) is 16.8 Å². The zero-order chi connectivity index (χ0) is 21.0. The summed E-state index contributed by atoms with van der Waals surface area (Å²) in [6.07, 6.45) is 6.29. The molecule has 3 rings (SSSR count). The van der Waals surface area contributed by atoms with Crippen molar-refractivity contribution >= 4 is 17.6 Å². The first-order valence-electron chi connectivity index (χ1n) is 8.56. The van der Waals surface area contributed by atoms with Gasteiger partial charge < -0.3 is 14.4 Å². The highest BCUT2D eigenvalue weighted by molar-refractivity contribution is 6.05. The van der Waals surface area contributed by atoms with Crippen LogP contribution in [0.15, 0.2) is 78.2 Å². The molecular formula is C22H17F2NO4. The van der Waals surface area contributed by atoms with E-state index in [1.54, 1.807) is 42.6 Å². The van der Waals surface area contributed by atoms with Crippen molar-refractivity contribution < 1.29 is 27.8 Å². The van der Waals surface area contributed by atoms with E-state index in [-0.39, 0.29) is 11.3 Å². The number of hydrogen-bond acceptors (Lipinski definition) is 5. The lowest BCUT2D eigenvalue weighted by atomic mass is 10.0. The minimum Gasteiger partial charge on any atom is -0.465 e. The largest absolute Gasteiger partial charge is 0.465 e. The number of nitrogens with zero attached hydrogens (tertiary/aromatic N) is 1. The number of carbonyl (C=O) groups is 2. The van der Waals surface area contributed by atoms with Gasteiger partial charge in [0, 0.05) is 18.0 Å². The lowest BCUT2D eigenvalue weighted by molar-refractivity contribution is -0.139. The third-order valence-electron chi connectivity index (χ3n) is 4.23. The first-order chi connectivity index (χ1) is 13.9. The molecule has 1 heterocycles. The summed E-state index contributed by atoms with van der Waals surface area (Å²) in [7, 11) is 2.43. The molecule has 148 valence electrons. The maximum Gasteiger partial charge on any atom is 0.355 e. The van der Waals surface area contributed by atoms with Gasteiger partial charge >= 0.3 is 11.9 Å². The number of carbonyl (C=O) groups excluding carboxylic acids is 2. The molecule has 5 nitrogen and oxygen atoms in total. The van der Waals surface area contributed by atoms with Crippen LogP contribution in [0.25, 0.3) is 11.1 Å². The Morgan fingerprint density at radius 3 is 2.03 bits per heavy atom. The number of halogens is 2. The van der Waals surface area contributed by atoms with Crippen molar-refractivity contribution in [1.29, 1.82) is 0 Å². The van der Waals surface area contributed by atoms with Crippen LogP contribution >= 0.6 is 0 Å². The fourth-order valence-corrected chi connectivity index (χ4v) is 2.90. The van der Waals surface area contributed by atoms with Crippen LogP contribution in [0.3, 0.4) is 0 Å². The van der Waals surface area contributed by atoms with Crippen molar-refractivity contribution in [3.8, 4) is 11.1 Å². The zero-order valence-electron chi connectivity index (χ0n) is 15.7. The van der Waals surface area contributed by atoms with Crippen molar-refractivity contribution in [3.63, 3.8) is 0 Å². The second-order valence-electron chi connectivity index (χ2n) is 6.02. The highest BCUT2D eigenvalue weighted by Crippen LogP contribution is 2.29. The molecular weight excluding hydrogens is 380 g/mol. The number of anilines is 1. The Kier molecular flexibility index (Phi) is 5.87. The third-order valence-corrected chi connectivity index (χ3v) is 4.23. The summed E-state index contributed by atoms with van der Waals surface area (Å²) in [6.45, 7) is 0. The second-order valence-corrected chi connectivity index (χ2v) is 6.02. The molecule has 0 saturated heterocycles. The van der Waals surface area contributed by atoms with E-state index in [2.05, 4.69) is 0 Å². The van der Waals surface area contributed by atoms with E-state index < -0.39 is 23.6 Å². The van der Waals surface area contributed by atoms with Crippen LogP contribution in [-0.4, -0.2) is 26.2 Å². The molecule has 0 spiro atoms. The molecule has 0 radical (unpaired) electrons. The van der Waals surface area contributed by atoms with Gasteiger partial charge in [0.25, 0.3) is 0 Å². The SMILES string of the molecule is COC(=O)C1=C(C(=O)OC)N(c2ccc(-c3cc(F)cc(F)c3)cc2)C=CC=C1. The van der Waals surface area contributed by atoms with E-state index >= 15 is 0 Å². The Morgan fingerprint density at radius 1 is 0.828 bits per heavy atom. The van der Waals surface area contributed by atoms with Gasteiger partial charge in [-0.25, -0.2) is 18.4 Å². The van der Waals surface area contributed by atoms with Crippen molar-refractivity contribution in [2.24, 2.45) is 0 Å². The minimum absolute atomic E-state index is 0.0195. The normalized spacial score (nSPS) is 13.3. The van der Waals surface area contributed by atoms with E-state index in [1.807, 2.05) is 0 Å². The molecule has 0 aliphatic carbocycles. The summed E-state index contributed by atoms with van der Waals surface area (Å²) < 4.78 is 36.6. The van der Waals surface area contributed by atoms with Crippen molar-refractivity contribution in [2.45, 2.75) is 0 Å². The van der Waals surface area contributed by atoms with Crippen LogP contribution in [0.5, 0.6) is 0 Å². The average Bonchev–Trinajstić information content (AvgIpc) is 2.95. The van der Waals surface area contributed by atoms with Gasteiger partial charge in [0.15, 0.2) is 0 Å². The fourth-order valence-electron chi connectivity index (χ4n) is 2.90. The molecule has 0 N–H and O–H groups in total. The Hall–Kier alpha value is -3.74. The summed E-state index contributed by atoms with van der Waals surface area (Å²) in [5.74, 6) is -2.77. The number of benzene rings is 2. The smallest absolute Gasteiger partial charge is 0.355 e. The van der Waals surface area contributed by atoms with Crippen LogP contribution < -0.4 is 4.90 Å². The lowest BCUT2D eigenvalue weighted by Gasteiger charge is -2.23. The quantitative estimate of drug-likeness (QED) is 0.727. The van der Waals surface area contributed by atoms with Gasteiger partial charge in [-0.2, -0.15) is 0 Å². The molecule has 0 amide bonds. The van der Waals surface area contributed by atoms with Gasteiger partial charge in [-0.05, 0) is 47.5 Å². The molecule has 7 heteroatoms. The Bertz CT molecular complexity index is 1020. The second kappa shape index (κ2) is 8.52. The highest BCUT2D eigenvalue weighted by atomic mass is 19.1. The summed E-state index contributed by atoms with van der Waals surface area (Å²) >= 11 is 0. The van der Waals surface area contributed by atoms with Crippen LogP contribution in [0.4, 0.5) is 14.5 Å². The fraction of sp³-hybridized carbons (Fsp3) is 0.0909. The van der Waals surface area contributed by atoms with Gasteiger partial charge in [0.1, 0.15) is 17.3 Å². The number of rotatable bonds is 4. The lowest BCUT2D eigenvalue weighted by Crippen LogP contribution is -2.26. The molecule has 0 saturated carbocycles. The van der Waals surface area contributed by atoms with Crippen LogP contribution in [-0.2, 0) is 19.1 Å². The van der Waals surface area contributed by atoms with E-state index in [4.69, 9.17) is 9.47 Å². The van der Waals surface area contributed by atoms with E-state index in [9.17, 15) is 18.4 Å². The number of esters is 2. The highest BCUT2D eigenvalue weighted by Gasteiger charge is 2.27. The molecule has 2 aromatic carbocycles. The molecule has 0 aromatic heterocycles. The maximum absolute atomic E-state index is 13.5. The van der Waals surface area contributed by atoms with Gasteiger partial charge in [0.2, 0.25) is 0 Å². The Morgan fingerprint density at radius 2 is 1.45 bits per heavy atom. The van der Waals surface area contributed by atoms with E-state index in [1.165, 1.54) is 37.3 Å². The molecule has 0 bridgehead atoms. The van der Waals surface area contributed by atoms with Crippen LogP contribution in [0, 0.1) is 11.6 Å². The van der Waals surface area contributed by atoms with Crippen molar-refractivity contribution in [1.82, 2.24) is 0 Å². The summed E-state index contributed by atoms with van der Waals surface area (Å²) in [5.41, 5.74) is 1.50. The first kappa shape index (κ1) is 20.0. The topological polar surface area (TPSA) is 55.8 Å². The van der Waals surface area contributed by atoms with Crippen molar-refractivity contribution in [2.75, 3.05) is 19.1 Å². The minimum atomic E-state index is -0.724. The number of methoxy groups -OCH3 is 2. The predicted molar refractivity (Wildman–Crippen MR) is 104 cm³/mol. The molecule has 2 aromatic rings. The summed E-state index contributed by atoms with van der Waals surface area (Å²) in [4.78, 5) is 26.1. The first-order valence-corrected chi connectivity index (χ1v) is 8.56. The molecule has 1 aliphatic heterocycles. The summed E-state index contributed by atoms with van der Waals surface area (Å²) in [5, 5.41) is 0. The number of allylic oxidation sites excluding steroid dienone is 2. The zero-order valence-corrected chi connectivity index (χ0v) is 15.7. The molecule has 1 aliphatic rings. The Labute approximate surface area is 166 Å². The van der Waals surface area contributed by atoms with Crippen LogP contribution in [0.1, 0.15) is 0 Å². The van der Waals surface area contributed by atoms with Crippen molar-refractivity contribution in [3.05, 3.63) is 89.8 Å². The van der Waals surface area contributed by atoms with Gasteiger partial charge in [-0.15, -0.1) is 0 Å². The molecule has 0 atom stereocenters. The number of hydrogen-bond donors (Lipinski definition) is 0. The molecule has 29 heavy (non-hydrogen) atoms. The Balaban J connectivity index is 2.05. The monoisotopic (exact) mass is 397 g/mol. The van der Waals surface area contributed by atoms with Gasteiger partial charge in [0.05, 0.1) is 19.8 Å². The molecule has 0 fully saturated rings. The third kappa shape index (κ3) is 4.24. The van der Waals surface area contributed by atoms with Gasteiger partial charge in [-0.3, -0.25) is 0 Å². The predicted octanol–water partition coefficient (Wildman–Crippen LogP) is 4.12. The maximum atomic E-state index is 13.5. The average molecular weight is 397 g/mol. The van der Waals surface area contributed by atoms with Crippen LogP contribution in [0.2, 0.25) is 0 Å².